The Hall–Kier alpha value is -1.69. The molecule has 1 aliphatic rings. The molecule has 0 aliphatic heterocycles. The molecule has 0 aromatic heterocycles. The maximum atomic E-state index is 13.8. The fourth-order valence-electron chi connectivity index (χ4n) is 3.22. The van der Waals surface area contributed by atoms with Crippen LogP contribution in [0.15, 0.2) is 24.8 Å². The first-order chi connectivity index (χ1) is 10.2. The van der Waals surface area contributed by atoms with Gasteiger partial charge in [-0.15, -0.1) is 6.58 Å². The summed E-state index contributed by atoms with van der Waals surface area (Å²) in [5.74, 6) is -0.508. The first-order valence-electron chi connectivity index (χ1n) is 7.63. The summed E-state index contributed by atoms with van der Waals surface area (Å²) < 4.78 is 27.4. The minimum Gasteiger partial charge on any atom is -0.203 e. The standard InChI is InChI=1S/C18H21F2N/c1-2-3-13-4-6-14(7-5-13)8-9-15-10-11-16(12-21)18(20)17(15)19/h2,10-11,13-14H,1,3-9H2/t13-,14-. The first kappa shape index (κ1) is 15.7. The summed E-state index contributed by atoms with van der Waals surface area (Å²) in [4.78, 5) is 0. The summed E-state index contributed by atoms with van der Waals surface area (Å²) in [7, 11) is 0. The largest absolute Gasteiger partial charge is 0.203 e. The van der Waals surface area contributed by atoms with Crippen LogP contribution in [0.25, 0.3) is 0 Å². The van der Waals surface area contributed by atoms with E-state index in [4.69, 9.17) is 5.26 Å². The second-order valence-corrected chi connectivity index (χ2v) is 5.96. The number of halogens is 2. The van der Waals surface area contributed by atoms with E-state index < -0.39 is 11.6 Å². The van der Waals surface area contributed by atoms with Gasteiger partial charge >= 0.3 is 0 Å². The molecule has 1 aliphatic carbocycles. The lowest BCUT2D eigenvalue weighted by molar-refractivity contribution is 0.264. The molecule has 1 nitrogen and oxygen atoms in total. The van der Waals surface area contributed by atoms with Gasteiger partial charge in [0, 0.05) is 0 Å². The average Bonchev–Trinajstić information content (AvgIpc) is 2.50. The quantitative estimate of drug-likeness (QED) is 0.687. The van der Waals surface area contributed by atoms with Crippen molar-refractivity contribution in [3.8, 4) is 6.07 Å². The predicted octanol–water partition coefficient (Wildman–Crippen LogP) is 5.15. The van der Waals surface area contributed by atoms with Crippen LogP contribution >= 0.6 is 0 Å². The highest BCUT2D eigenvalue weighted by atomic mass is 19.2. The first-order valence-corrected chi connectivity index (χ1v) is 7.63. The number of hydrogen-bond donors (Lipinski definition) is 0. The Morgan fingerprint density at radius 2 is 1.81 bits per heavy atom. The molecule has 0 saturated heterocycles. The summed E-state index contributed by atoms with van der Waals surface area (Å²) in [6, 6.07) is 4.57. The van der Waals surface area contributed by atoms with Crippen molar-refractivity contribution in [1.82, 2.24) is 0 Å². The molecule has 1 aromatic carbocycles. The Balaban J connectivity index is 1.89. The van der Waals surface area contributed by atoms with Gasteiger partial charge in [-0.1, -0.05) is 25.0 Å². The summed E-state index contributed by atoms with van der Waals surface area (Å²) in [6.07, 6.45) is 9.26. The van der Waals surface area contributed by atoms with Crippen molar-refractivity contribution in [2.45, 2.75) is 44.9 Å². The molecule has 0 atom stereocenters. The molecule has 2 rings (SSSR count). The van der Waals surface area contributed by atoms with Gasteiger partial charge in [0.15, 0.2) is 11.6 Å². The molecule has 0 amide bonds. The highest BCUT2D eigenvalue weighted by Crippen LogP contribution is 2.33. The molecule has 112 valence electrons. The van der Waals surface area contributed by atoms with Crippen LogP contribution < -0.4 is 0 Å². The van der Waals surface area contributed by atoms with Crippen LogP contribution in [0.4, 0.5) is 8.78 Å². The van der Waals surface area contributed by atoms with E-state index in [0.717, 1.165) is 18.8 Å². The van der Waals surface area contributed by atoms with Crippen LogP contribution in [-0.4, -0.2) is 0 Å². The maximum absolute atomic E-state index is 13.8. The third-order valence-corrected chi connectivity index (χ3v) is 4.57. The Labute approximate surface area is 125 Å². The zero-order chi connectivity index (χ0) is 15.2. The Morgan fingerprint density at radius 3 is 2.43 bits per heavy atom. The van der Waals surface area contributed by atoms with E-state index in [1.165, 1.54) is 31.7 Å². The second kappa shape index (κ2) is 7.36. The number of nitrogens with zero attached hydrogens (tertiary/aromatic N) is 1. The molecular formula is C18H21F2N. The molecule has 0 unspecified atom stereocenters. The Bertz CT molecular complexity index is 537. The van der Waals surface area contributed by atoms with Crippen molar-refractivity contribution in [3.05, 3.63) is 47.5 Å². The van der Waals surface area contributed by atoms with Crippen molar-refractivity contribution in [2.24, 2.45) is 11.8 Å². The lowest BCUT2D eigenvalue weighted by Gasteiger charge is -2.27. The molecule has 0 bridgehead atoms. The van der Waals surface area contributed by atoms with Crippen LogP contribution in [0, 0.1) is 34.8 Å². The minimum atomic E-state index is -1.01. The molecular weight excluding hydrogens is 268 g/mol. The molecule has 0 N–H and O–H groups in total. The Kier molecular flexibility index (Phi) is 5.50. The molecule has 0 heterocycles. The highest BCUT2D eigenvalue weighted by Gasteiger charge is 2.21. The van der Waals surface area contributed by atoms with Crippen LogP contribution in [-0.2, 0) is 6.42 Å². The number of benzene rings is 1. The second-order valence-electron chi connectivity index (χ2n) is 5.96. The molecule has 0 radical (unpaired) electrons. The van der Waals surface area contributed by atoms with Gasteiger partial charge in [0.05, 0.1) is 5.56 Å². The topological polar surface area (TPSA) is 23.8 Å². The van der Waals surface area contributed by atoms with Gasteiger partial charge in [0.1, 0.15) is 6.07 Å². The SMILES string of the molecule is C=CC[C@H]1CC[C@H](CCc2ccc(C#N)c(F)c2F)CC1. The van der Waals surface area contributed by atoms with Crippen molar-refractivity contribution in [3.63, 3.8) is 0 Å². The highest BCUT2D eigenvalue weighted by molar-refractivity contribution is 5.34. The third kappa shape index (κ3) is 3.91. The number of hydrogen-bond acceptors (Lipinski definition) is 1. The van der Waals surface area contributed by atoms with Crippen molar-refractivity contribution >= 4 is 0 Å². The number of rotatable bonds is 5. The molecule has 0 spiro atoms. The number of nitriles is 1. The van der Waals surface area contributed by atoms with E-state index in [1.807, 2.05) is 6.08 Å². The molecule has 1 fully saturated rings. The van der Waals surface area contributed by atoms with Gasteiger partial charge in [-0.05, 0) is 55.6 Å². The average molecular weight is 289 g/mol. The van der Waals surface area contributed by atoms with Crippen molar-refractivity contribution in [1.29, 1.82) is 5.26 Å². The predicted molar refractivity (Wildman–Crippen MR) is 79.7 cm³/mol. The van der Waals surface area contributed by atoms with Gasteiger partial charge < -0.3 is 0 Å². The minimum absolute atomic E-state index is 0.221. The summed E-state index contributed by atoms with van der Waals surface area (Å²) in [5, 5.41) is 8.67. The van der Waals surface area contributed by atoms with E-state index in [-0.39, 0.29) is 5.56 Å². The van der Waals surface area contributed by atoms with Crippen LogP contribution in [0.2, 0.25) is 0 Å². The van der Waals surface area contributed by atoms with Gasteiger partial charge in [0.2, 0.25) is 0 Å². The Morgan fingerprint density at radius 1 is 1.14 bits per heavy atom. The number of allylic oxidation sites excluding steroid dienone is 1. The lowest BCUT2D eigenvalue weighted by Crippen LogP contribution is -2.15. The number of aryl methyl sites for hydroxylation is 1. The fourth-order valence-corrected chi connectivity index (χ4v) is 3.22. The maximum Gasteiger partial charge on any atom is 0.176 e. The van der Waals surface area contributed by atoms with Crippen LogP contribution in [0.3, 0.4) is 0 Å². The van der Waals surface area contributed by atoms with Gasteiger partial charge in [0.25, 0.3) is 0 Å². The van der Waals surface area contributed by atoms with Crippen LogP contribution in [0.1, 0.15) is 49.7 Å². The van der Waals surface area contributed by atoms with Gasteiger partial charge in [-0.25, -0.2) is 8.78 Å². The third-order valence-electron chi connectivity index (χ3n) is 4.57. The lowest BCUT2D eigenvalue weighted by atomic mass is 9.78. The molecule has 3 heteroatoms. The monoisotopic (exact) mass is 289 g/mol. The van der Waals surface area contributed by atoms with E-state index in [0.29, 0.717) is 17.9 Å². The van der Waals surface area contributed by atoms with E-state index in [1.54, 1.807) is 12.1 Å². The summed E-state index contributed by atoms with van der Waals surface area (Å²) in [6.45, 7) is 3.78. The summed E-state index contributed by atoms with van der Waals surface area (Å²) >= 11 is 0. The van der Waals surface area contributed by atoms with Gasteiger partial charge in [-0.3, -0.25) is 0 Å². The smallest absolute Gasteiger partial charge is 0.176 e. The molecule has 21 heavy (non-hydrogen) atoms. The summed E-state index contributed by atoms with van der Waals surface area (Å²) in [5.41, 5.74) is 0.167. The van der Waals surface area contributed by atoms with E-state index in [9.17, 15) is 8.78 Å². The van der Waals surface area contributed by atoms with Crippen LogP contribution in [0.5, 0.6) is 0 Å². The normalized spacial score (nSPS) is 21.8. The van der Waals surface area contributed by atoms with Gasteiger partial charge in [-0.2, -0.15) is 5.26 Å². The zero-order valence-corrected chi connectivity index (χ0v) is 12.2. The van der Waals surface area contributed by atoms with Crippen molar-refractivity contribution < 1.29 is 8.78 Å². The fraction of sp³-hybridized carbons (Fsp3) is 0.500. The van der Waals surface area contributed by atoms with E-state index >= 15 is 0 Å². The molecule has 1 aromatic rings. The van der Waals surface area contributed by atoms with Crippen molar-refractivity contribution in [2.75, 3.05) is 0 Å². The molecule has 1 saturated carbocycles. The zero-order valence-electron chi connectivity index (χ0n) is 12.2. The van der Waals surface area contributed by atoms with E-state index in [2.05, 4.69) is 6.58 Å².